The highest BCUT2D eigenvalue weighted by Crippen LogP contribution is 2.26. The molecule has 1 fully saturated rings. The molecule has 134 valence electrons. The van der Waals surface area contributed by atoms with E-state index in [2.05, 4.69) is 20.3 Å². The number of nitrogens with one attached hydrogen (secondary N) is 1. The number of carbonyl (C=O) groups excluding carboxylic acids is 1. The summed E-state index contributed by atoms with van der Waals surface area (Å²) in [6.45, 7) is 1.19. The Morgan fingerprint density at radius 1 is 1.38 bits per heavy atom. The lowest BCUT2D eigenvalue weighted by atomic mass is 10.3. The first-order valence-electron chi connectivity index (χ1n) is 8.17. The van der Waals surface area contributed by atoms with Crippen LogP contribution in [0.3, 0.4) is 0 Å². The van der Waals surface area contributed by atoms with E-state index in [0.29, 0.717) is 43.2 Å². The van der Waals surface area contributed by atoms with Gasteiger partial charge < -0.3 is 15.3 Å². The summed E-state index contributed by atoms with van der Waals surface area (Å²) in [5, 5.41) is 14.6. The standard InChI is InChI=1S/C17H16FN5O2S/c18-13-2-1-10(7-19-13)8-20-17-21-12-4-6-26-15(12)14(22-17)16(25)23-5-3-11(24)9-23/h1-2,4,6-7,11,24H,3,5,8-9H2,(H,20,21,22)/t11-/m0/s1. The van der Waals surface area contributed by atoms with Crippen LogP contribution in [-0.2, 0) is 6.54 Å². The molecule has 0 radical (unpaired) electrons. The molecule has 26 heavy (non-hydrogen) atoms. The summed E-state index contributed by atoms with van der Waals surface area (Å²) in [5.74, 6) is -0.420. The Hall–Kier alpha value is -2.65. The predicted molar refractivity (Wildman–Crippen MR) is 95.5 cm³/mol. The van der Waals surface area contributed by atoms with Crippen LogP contribution < -0.4 is 5.32 Å². The van der Waals surface area contributed by atoms with Crippen molar-refractivity contribution in [1.82, 2.24) is 19.9 Å². The number of aliphatic hydroxyl groups excluding tert-OH is 1. The Labute approximate surface area is 152 Å². The number of β-amino-alcohol motifs (C(OH)–C–C–N with tert-alkyl or cyclic N) is 1. The number of hydrogen-bond acceptors (Lipinski definition) is 7. The smallest absolute Gasteiger partial charge is 0.274 e. The molecule has 1 saturated heterocycles. The number of hydrogen-bond donors (Lipinski definition) is 2. The summed E-state index contributed by atoms with van der Waals surface area (Å²) in [4.78, 5) is 26.9. The van der Waals surface area contributed by atoms with E-state index in [4.69, 9.17) is 0 Å². The minimum atomic E-state index is -0.537. The largest absolute Gasteiger partial charge is 0.391 e. The molecule has 0 aromatic carbocycles. The molecule has 4 rings (SSSR count). The molecule has 4 heterocycles. The predicted octanol–water partition coefficient (Wildman–Crippen LogP) is 2.04. The van der Waals surface area contributed by atoms with E-state index >= 15 is 0 Å². The van der Waals surface area contributed by atoms with Gasteiger partial charge in [0, 0.05) is 25.8 Å². The second-order valence-electron chi connectivity index (χ2n) is 6.07. The van der Waals surface area contributed by atoms with Gasteiger partial charge in [-0.15, -0.1) is 11.3 Å². The topological polar surface area (TPSA) is 91.2 Å². The first-order chi connectivity index (χ1) is 12.6. The van der Waals surface area contributed by atoms with Gasteiger partial charge in [0.2, 0.25) is 11.9 Å². The highest BCUT2D eigenvalue weighted by atomic mass is 32.1. The van der Waals surface area contributed by atoms with Crippen molar-refractivity contribution in [1.29, 1.82) is 0 Å². The van der Waals surface area contributed by atoms with Crippen LogP contribution in [0.25, 0.3) is 10.2 Å². The molecule has 0 bridgehead atoms. The lowest BCUT2D eigenvalue weighted by Gasteiger charge is -2.16. The molecule has 0 saturated carbocycles. The number of pyridine rings is 1. The van der Waals surface area contributed by atoms with Gasteiger partial charge in [0.15, 0.2) is 5.69 Å². The summed E-state index contributed by atoms with van der Waals surface area (Å²) in [7, 11) is 0. The molecule has 7 nitrogen and oxygen atoms in total. The number of fused-ring (bicyclic) bond motifs is 1. The SMILES string of the molecule is O=C(c1nc(NCc2ccc(F)nc2)nc2ccsc12)N1CC[C@H](O)C1. The Morgan fingerprint density at radius 3 is 3.00 bits per heavy atom. The number of aliphatic hydroxyl groups is 1. The second kappa shape index (κ2) is 6.93. The highest BCUT2D eigenvalue weighted by Gasteiger charge is 2.28. The Bertz CT molecular complexity index is 946. The zero-order chi connectivity index (χ0) is 18.1. The van der Waals surface area contributed by atoms with E-state index in [-0.39, 0.29) is 5.91 Å². The first kappa shape index (κ1) is 16.8. The van der Waals surface area contributed by atoms with E-state index in [0.717, 1.165) is 10.3 Å². The van der Waals surface area contributed by atoms with Crippen LogP contribution in [0.5, 0.6) is 0 Å². The molecule has 1 aliphatic rings. The van der Waals surface area contributed by atoms with Crippen LogP contribution in [0.2, 0.25) is 0 Å². The van der Waals surface area contributed by atoms with Gasteiger partial charge in [-0.2, -0.15) is 4.39 Å². The van der Waals surface area contributed by atoms with Gasteiger partial charge in [-0.3, -0.25) is 4.79 Å². The molecule has 1 amide bonds. The Kier molecular flexibility index (Phi) is 4.48. The maximum absolute atomic E-state index is 12.9. The van der Waals surface area contributed by atoms with Crippen LogP contribution in [0.1, 0.15) is 22.5 Å². The van der Waals surface area contributed by atoms with Crippen molar-refractivity contribution in [2.24, 2.45) is 0 Å². The lowest BCUT2D eigenvalue weighted by Crippen LogP contribution is -2.30. The number of rotatable bonds is 4. The van der Waals surface area contributed by atoms with Crippen molar-refractivity contribution in [2.45, 2.75) is 19.1 Å². The van der Waals surface area contributed by atoms with Crippen molar-refractivity contribution in [3.05, 3.63) is 47.0 Å². The molecule has 3 aromatic heterocycles. The van der Waals surface area contributed by atoms with E-state index < -0.39 is 12.1 Å². The third-order valence-corrected chi connectivity index (χ3v) is 5.11. The third-order valence-electron chi connectivity index (χ3n) is 4.20. The summed E-state index contributed by atoms with van der Waals surface area (Å²) < 4.78 is 13.6. The molecule has 1 aliphatic heterocycles. The van der Waals surface area contributed by atoms with Gasteiger partial charge in [0.25, 0.3) is 5.91 Å². The van der Waals surface area contributed by atoms with Crippen LogP contribution >= 0.6 is 11.3 Å². The average Bonchev–Trinajstić information content (AvgIpc) is 3.28. The Balaban J connectivity index is 1.60. The number of carbonyl (C=O) groups is 1. The van der Waals surface area contributed by atoms with Crippen molar-refractivity contribution in [2.75, 3.05) is 18.4 Å². The number of anilines is 1. The minimum absolute atomic E-state index is 0.206. The highest BCUT2D eigenvalue weighted by molar-refractivity contribution is 7.17. The van der Waals surface area contributed by atoms with E-state index in [1.807, 2.05) is 11.4 Å². The maximum Gasteiger partial charge on any atom is 0.274 e. The molecule has 2 N–H and O–H groups in total. The summed E-state index contributed by atoms with van der Waals surface area (Å²) in [6, 6.07) is 4.74. The van der Waals surface area contributed by atoms with Gasteiger partial charge in [0.1, 0.15) is 0 Å². The first-order valence-corrected chi connectivity index (χ1v) is 9.05. The fraction of sp³-hybridized carbons (Fsp3) is 0.294. The van der Waals surface area contributed by atoms with Crippen molar-refractivity contribution in [3.63, 3.8) is 0 Å². The fourth-order valence-corrected chi connectivity index (χ4v) is 3.67. The van der Waals surface area contributed by atoms with Crippen LogP contribution in [-0.4, -0.2) is 50.1 Å². The Morgan fingerprint density at radius 2 is 2.27 bits per heavy atom. The molecule has 1 atom stereocenters. The summed E-state index contributed by atoms with van der Waals surface area (Å²) >= 11 is 1.41. The van der Waals surface area contributed by atoms with Gasteiger partial charge in [-0.1, -0.05) is 6.07 Å². The maximum atomic E-state index is 12.9. The van der Waals surface area contributed by atoms with E-state index in [1.165, 1.54) is 23.6 Å². The zero-order valence-electron chi connectivity index (χ0n) is 13.7. The number of halogens is 1. The van der Waals surface area contributed by atoms with Crippen molar-refractivity contribution < 1.29 is 14.3 Å². The molecule has 9 heteroatoms. The molecule has 0 unspecified atom stereocenters. The van der Waals surface area contributed by atoms with Crippen LogP contribution in [0.15, 0.2) is 29.8 Å². The quantitative estimate of drug-likeness (QED) is 0.680. The van der Waals surface area contributed by atoms with Crippen molar-refractivity contribution >= 4 is 33.4 Å². The third kappa shape index (κ3) is 3.35. The van der Waals surface area contributed by atoms with Gasteiger partial charge in [-0.05, 0) is 29.5 Å². The van der Waals surface area contributed by atoms with Crippen LogP contribution in [0.4, 0.5) is 10.3 Å². The number of likely N-dealkylation sites (tertiary alicyclic amines) is 1. The lowest BCUT2D eigenvalue weighted by molar-refractivity contribution is 0.0761. The van der Waals surface area contributed by atoms with Gasteiger partial charge >= 0.3 is 0 Å². The number of amides is 1. The minimum Gasteiger partial charge on any atom is -0.391 e. The monoisotopic (exact) mass is 373 g/mol. The van der Waals surface area contributed by atoms with Crippen LogP contribution in [0, 0.1) is 5.95 Å². The molecule has 0 aliphatic carbocycles. The normalized spacial score (nSPS) is 17.0. The molecular formula is C17H16FN5O2S. The summed E-state index contributed by atoms with van der Waals surface area (Å²) in [6.07, 6.45) is 1.53. The zero-order valence-corrected chi connectivity index (χ0v) is 14.5. The average molecular weight is 373 g/mol. The number of nitrogens with zero attached hydrogens (tertiary/aromatic N) is 4. The second-order valence-corrected chi connectivity index (χ2v) is 6.98. The van der Waals surface area contributed by atoms with Gasteiger partial charge in [-0.25, -0.2) is 15.0 Å². The molecule has 3 aromatic rings. The summed E-state index contributed by atoms with van der Waals surface area (Å²) in [5.41, 5.74) is 1.79. The molecular weight excluding hydrogens is 357 g/mol. The van der Waals surface area contributed by atoms with E-state index in [9.17, 15) is 14.3 Å². The fourth-order valence-electron chi connectivity index (χ4n) is 2.86. The van der Waals surface area contributed by atoms with Gasteiger partial charge in [0.05, 0.1) is 16.3 Å². The van der Waals surface area contributed by atoms with Crippen molar-refractivity contribution in [3.8, 4) is 0 Å². The van der Waals surface area contributed by atoms with E-state index in [1.54, 1.807) is 11.0 Å². The molecule has 0 spiro atoms. The number of thiophene rings is 1. The number of aromatic nitrogens is 3.